The molecule has 3 aliphatic heterocycles. The number of ether oxygens (including phenoxy) is 1. The highest BCUT2D eigenvalue weighted by molar-refractivity contribution is 5.94. The van der Waals surface area contributed by atoms with Crippen molar-refractivity contribution in [2.45, 2.75) is 37.8 Å². The summed E-state index contributed by atoms with van der Waals surface area (Å²) in [6, 6.07) is 4.40. The van der Waals surface area contributed by atoms with E-state index in [1.807, 2.05) is 17.9 Å². The van der Waals surface area contributed by atoms with E-state index in [0.29, 0.717) is 38.4 Å². The van der Waals surface area contributed by atoms with Crippen LogP contribution in [0.4, 0.5) is 4.39 Å². The van der Waals surface area contributed by atoms with Gasteiger partial charge in [0.1, 0.15) is 5.82 Å². The van der Waals surface area contributed by atoms with Crippen molar-refractivity contribution in [3.63, 3.8) is 0 Å². The second-order valence-corrected chi connectivity index (χ2v) is 8.55. The third kappa shape index (κ3) is 4.01. The molecule has 30 heavy (non-hydrogen) atoms. The van der Waals surface area contributed by atoms with Gasteiger partial charge in [-0.25, -0.2) is 4.39 Å². The van der Waals surface area contributed by atoms with Gasteiger partial charge in [0.15, 0.2) is 0 Å². The average molecular weight is 416 g/mol. The van der Waals surface area contributed by atoms with Gasteiger partial charge in [0.25, 0.3) is 5.91 Å². The predicted molar refractivity (Wildman–Crippen MR) is 112 cm³/mol. The molecule has 4 unspecified atom stereocenters. The predicted octanol–water partition coefficient (Wildman–Crippen LogP) is 2.17. The van der Waals surface area contributed by atoms with E-state index in [1.54, 1.807) is 11.0 Å². The van der Waals surface area contributed by atoms with Crippen molar-refractivity contribution in [3.8, 4) is 0 Å². The number of nitrogens with one attached hydrogen (secondary N) is 1. The van der Waals surface area contributed by atoms with E-state index in [0.717, 1.165) is 24.9 Å². The first kappa shape index (κ1) is 21.0. The fraction of sp³-hybridized carbons (Fsp3) is 0.565. The normalized spacial score (nSPS) is 29.1. The Morgan fingerprint density at radius 2 is 2.23 bits per heavy atom. The molecule has 2 amide bonds. The van der Waals surface area contributed by atoms with E-state index < -0.39 is 5.82 Å². The number of carbonyl (C=O) groups excluding carboxylic acids is 2. The van der Waals surface area contributed by atoms with Crippen molar-refractivity contribution in [2.75, 3.05) is 39.4 Å². The first-order chi connectivity index (χ1) is 14.5. The largest absolute Gasteiger partial charge is 0.377 e. The Hall–Kier alpha value is -2.25. The molecule has 3 saturated heterocycles. The summed E-state index contributed by atoms with van der Waals surface area (Å²) in [5, 5.41) is 3.32. The van der Waals surface area contributed by atoms with Gasteiger partial charge in [-0.2, -0.15) is 0 Å². The van der Waals surface area contributed by atoms with Gasteiger partial charge in [0, 0.05) is 31.1 Å². The highest BCUT2D eigenvalue weighted by atomic mass is 19.1. The van der Waals surface area contributed by atoms with E-state index in [-0.39, 0.29) is 35.7 Å². The van der Waals surface area contributed by atoms with Crippen LogP contribution in [-0.4, -0.2) is 73.1 Å². The highest BCUT2D eigenvalue weighted by Crippen LogP contribution is 2.38. The summed E-state index contributed by atoms with van der Waals surface area (Å²) in [6.45, 7) is 9.12. The van der Waals surface area contributed by atoms with Gasteiger partial charge in [0.05, 0.1) is 25.3 Å². The van der Waals surface area contributed by atoms with E-state index in [9.17, 15) is 14.0 Å². The van der Waals surface area contributed by atoms with Gasteiger partial charge < -0.3 is 19.9 Å². The number of hydrogen-bond acceptors (Lipinski definition) is 4. The number of nitrogens with zero attached hydrogens (tertiary/aromatic N) is 2. The lowest BCUT2D eigenvalue weighted by atomic mass is 9.77. The van der Waals surface area contributed by atoms with Crippen LogP contribution in [-0.2, 0) is 9.53 Å². The summed E-state index contributed by atoms with van der Waals surface area (Å²) in [4.78, 5) is 29.6. The highest BCUT2D eigenvalue weighted by Gasteiger charge is 2.45. The third-order valence-electron chi connectivity index (χ3n) is 6.61. The molecule has 7 heteroatoms. The fourth-order valence-corrected chi connectivity index (χ4v) is 5.03. The summed E-state index contributed by atoms with van der Waals surface area (Å²) in [6.07, 6.45) is 3.40. The van der Waals surface area contributed by atoms with Crippen molar-refractivity contribution in [1.29, 1.82) is 0 Å². The molecule has 1 aromatic carbocycles. The smallest absolute Gasteiger partial charge is 0.254 e. The number of amides is 2. The summed E-state index contributed by atoms with van der Waals surface area (Å²) < 4.78 is 20.0. The van der Waals surface area contributed by atoms with Crippen molar-refractivity contribution in [1.82, 2.24) is 15.1 Å². The van der Waals surface area contributed by atoms with Crippen molar-refractivity contribution in [2.24, 2.45) is 5.92 Å². The molecule has 162 valence electrons. The molecular formula is C23H30FN3O3. The zero-order chi connectivity index (χ0) is 21.3. The van der Waals surface area contributed by atoms with Crippen molar-refractivity contribution < 1.29 is 18.7 Å². The minimum Gasteiger partial charge on any atom is -0.377 e. The molecule has 3 heterocycles. The Labute approximate surface area is 177 Å². The van der Waals surface area contributed by atoms with Gasteiger partial charge in [-0.3, -0.25) is 9.59 Å². The molecule has 0 aromatic heterocycles. The number of rotatable bonds is 5. The van der Waals surface area contributed by atoms with Crippen molar-refractivity contribution >= 4 is 11.8 Å². The van der Waals surface area contributed by atoms with E-state index >= 15 is 0 Å². The summed E-state index contributed by atoms with van der Waals surface area (Å²) in [5.74, 6) is -0.344. The first-order valence-electron chi connectivity index (χ1n) is 10.8. The second-order valence-electron chi connectivity index (χ2n) is 8.55. The number of fused-ring (bicyclic) bond motifs is 1. The molecular weight excluding hydrogens is 385 g/mol. The second kappa shape index (κ2) is 8.86. The number of hydrogen-bond donors (Lipinski definition) is 1. The van der Waals surface area contributed by atoms with E-state index in [2.05, 4.69) is 11.9 Å². The Morgan fingerprint density at radius 1 is 1.40 bits per heavy atom. The summed E-state index contributed by atoms with van der Waals surface area (Å²) >= 11 is 0. The first-order valence-corrected chi connectivity index (χ1v) is 10.8. The van der Waals surface area contributed by atoms with Crippen LogP contribution < -0.4 is 5.32 Å². The SMILES string of the molecule is C=CCCN1CC(c2cc(F)cc(C(=O)N3CCOCC3C)c2)C2CCNC2C1=O. The molecule has 0 radical (unpaired) electrons. The van der Waals surface area contributed by atoms with Gasteiger partial charge in [-0.15, -0.1) is 6.58 Å². The quantitative estimate of drug-likeness (QED) is 0.749. The Balaban J connectivity index is 1.63. The standard InChI is InChI=1S/C23H30FN3O3/c1-3-4-7-26-13-20(19-5-6-25-21(19)23(26)29)16-10-17(12-18(24)11-16)22(28)27-8-9-30-14-15(27)2/h3,10-12,15,19-21,25H,1,4-9,13-14H2,2H3. The third-order valence-corrected chi connectivity index (χ3v) is 6.61. The average Bonchev–Trinajstić information content (AvgIpc) is 3.23. The van der Waals surface area contributed by atoms with Crippen molar-refractivity contribution in [3.05, 3.63) is 47.8 Å². The van der Waals surface area contributed by atoms with Crippen LogP contribution in [0.15, 0.2) is 30.9 Å². The number of likely N-dealkylation sites (tertiary alicyclic amines) is 1. The molecule has 0 saturated carbocycles. The Morgan fingerprint density at radius 3 is 3.00 bits per heavy atom. The molecule has 4 rings (SSSR count). The lowest BCUT2D eigenvalue weighted by molar-refractivity contribution is -0.137. The molecule has 0 spiro atoms. The van der Waals surface area contributed by atoms with Crippen LogP contribution in [0.25, 0.3) is 0 Å². The molecule has 0 aliphatic carbocycles. The number of piperidine rings is 1. The molecule has 0 bridgehead atoms. The zero-order valence-electron chi connectivity index (χ0n) is 17.5. The Kier molecular flexibility index (Phi) is 6.20. The molecule has 3 aliphatic rings. The van der Waals surface area contributed by atoms with Gasteiger partial charge in [-0.05, 0) is 56.0 Å². The minimum atomic E-state index is -0.409. The number of morpholine rings is 1. The van der Waals surface area contributed by atoms with Crippen LogP contribution in [0.5, 0.6) is 0 Å². The minimum absolute atomic E-state index is 0.00289. The van der Waals surface area contributed by atoms with Crippen LogP contribution in [0.1, 0.15) is 41.6 Å². The van der Waals surface area contributed by atoms with Gasteiger partial charge >= 0.3 is 0 Å². The molecule has 4 atom stereocenters. The lowest BCUT2D eigenvalue weighted by Crippen LogP contribution is -2.54. The number of halogens is 1. The molecule has 1 N–H and O–H groups in total. The zero-order valence-corrected chi connectivity index (χ0v) is 17.5. The molecule has 6 nitrogen and oxygen atoms in total. The van der Waals surface area contributed by atoms with Crippen LogP contribution >= 0.6 is 0 Å². The summed E-state index contributed by atoms with van der Waals surface area (Å²) in [7, 11) is 0. The molecule has 3 fully saturated rings. The monoisotopic (exact) mass is 415 g/mol. The maximum atomic E-state index is 14.6. The van der Waals surface area contributed by atoms with Crippen LogP contribution in [0.3, 0.4) is 0 Å². The Bertz CT molecular complexity index is 830. The number of benzene rings is 1. The number of carbonyl (C=O) groups is 2. The topological polar surface area (TPSA) is 61.9 Å². The lowest BCUT2D eigenvalue weighted by Gasteiger charge is -2.40. The van der Waals surface area contributed by atoms with E-state index in [1.165, 1.54) is 12.1 Å². The maximum absolute atomic E-state index is 14.6. The van der Waals surface area contributed by atoms with Crippen LogP contribution in [0, 0.1) is 11.7 Å². The maximum Gasteiger partial charge on any atom is 0.254 e. The summed E-state index contributed by atoms with van der Waals surface area (Å²) in [5.41, 5.74) is 1.17. The van der Waals surface area contributed by atoms with Crippen LogP contribution in [0.2, 0.25) is 0 Å². The van der Waals surface area contributed by atoms with E-state index in [4.69, 9.17) is 4.74 Å². The molecule has 1 aromatic rings. The van der Waals surface area contributed by atoms with Gasteiger partial charge in [0.2, 0.25) is 5.91 Å². The van der Waals surface area contributed by atoms with Gasteiger partial charge in [-0.1, -0.05) is 6.08 Å². The fourth-order valence-electron chi connectivity index (χ4n) is 5.03.